The third-order valence-corrected chi connectivity index (χ3v) is 7.85. The molecule has 214 valence electrons. The first-order valence-electron chi connectivity index (χ1n) is 13.5. The lowest BCUT2D eigenvalue weighted by atomic mass is 10.0. The molecule has 0 unspecified atom stereocenters. The SMILES string of the molecule is COc1ccc(NC(=O)[C@H](C(C)C)N(Cc2nc(-c3ccccc3)cs2)C(=O)CN2C(=O)C(=O)c3ccccc32)cc1. The van der Waals surface area contributed by atoms with Crippen LogP contribution in [0, 0.1) is 5.92 Å². The molecule has 0 saturated heterocycles. The van der Waals surface area contributed by atoms with E-state index in [0.717, 1.165) is 11.3 Å². The number of ketones is 1. The Morgan fingerprint density at radius 3 is 2.36 bits per heavy atom. The second-order valence-electron chi connectivity index (χ2n) is 10.2. The van der Waals surface area contributed by atoms with Crippen molar-refractivity contribution in [1.82, 2.24) is 9.88 Å². The molecular formula is C32H30N4O5S. The van der Waals surface area contributed by atoms with Gasteiger partial charge in [-0.1, -0.05) is 56.3 Å². The summed E-state index contributed by atoms with van der Waals surface area (Å²) in [6.45, 7) is 3.37. The maximum atomic E-state index is 14.0. The zero-order valence-corrected chi connectivity index (χ0v) is 24.3. The quantitative estimate of drug-likeness (QED) is 0.263. The van der Waals surface area contributed by atoms with Crippen LogP contribution in [-0.4, -0.2) is 53.1 Å². The molecular weight excluding hydrogens is 552 g/mol. The van der Waals surface area contributed by atoms with E-state index in [9.17, 15) is 19.2 Å². The van der Waals surface area contributed by atoms with Crippen molar-refractivity contribution in [3.63, 3.8) is 0 Å². The van der Waals surface area contributed by atoms with Crippen LogP contribution in [0.5, 0.6) is 5.75 Å². The Morgan fingerprint density at radius 2 is 1.67 bits per heavy atom. The molecule has 1 aromatic heterocycles. The largest absolute Gasteiger partial charge is 0.497 e. The topological polar surface area (TPSA) is 109 Å². The lowest BCUT2D eigenvalue weighted by molar-refractivity contribution is -0.140. The lowest BCUT2D eigenvalue weighted by Gasteiger charge is -2.34. The van der Waals surface area contributed by atoms with Crippen LogP contribution in [0.3, 0.4) is 0 Å². The molecule has 0 saturated carbocycles. The van der Waals surface area contributed by atoms with Gasteiger partial charge in [-0.15, -0.1) is 11.3 Å². The molecule has 2 heterocycles. The number of fused-ring (bicyclic) bond motifs is 1. The number of anilines is 2. The van der Waals surface area contributed by atoms with Crippen molar-refractivity contribution in [2.45, 2.75) is 26.4 Å². The number of hydrogen-bond acceptors (Lipinski definition) is 7. The minimum Gasteiger partial charge on any atom is -0.497 e. The summed E-state index contributed by atoms with van der Waals surface area (Å²) in [5.74, 6) is -1.93. The van der Waals surface area contributed by atoms with Crippen molar-refractivity contribution in [3.05, 3.63) is 94.8 Å². The molecule has 1 aliphatic heterocycles. The molecule has 0 radical (unpaired) electrons. The number of nitrogens with zero attached hydrogens (tertiary/aromatic N) is 3. The Bertz CT molecular complexity index is 1620. The minimum absolute atomic E-state index is 0.0484. The first-order valence-corrected chi connectivity index (χ1v) is 14.3. The predicted molar refractivity (Wildman–Crippen MR) is 161 cm³/mol. The van der Waals surface area contributed by atoms with Crippen molar-refractivity contribution < 1.29 is 23.9 Å². The summed E-state index contributed by atoms with van der Waals surface area (Å²) in [5.41, 5.74) is 2.89. The third-order valence-electron chi connectivity index (χ3n) is 7.01. The van der Waals surface area contributed by atoms with E-state index in [1.54, 1.807) is 55.6 Å². The Labute approximate surface area is 247 Å². The molecule has 9 nitrogen and oxygen atoms in total. The molecule has 3 aromatic carbocycles. The Balaban J connectivity index is 1.46. The van der Waals surface area contributed by atoms with Gasteiger partial charge < -0.3 is 15.0 Å². The number of methoxy groups -OCH3 is 1. The highest BCUT2D eigenvalue weighted by Gasteiger charge is 2.40. The minimum atomic E-state index is -0.896. The maximum Gasteiger partial charge on any atom is 0.299 e. The summed E-state index contributed by atoms with van der Waals surface area (Å²) in [7, 11) is 1.56. The van der Waals surface area contributed by atoms with Gasteiger partial charge in [0.1, 0.15) is 23.3 Å². The molecule has 5 rings (SSSR count). The average molecular weight is 583 g/mol. The fourth-order valence-corrected chi connectivity index (χ4v) is 5.74. The Hall–Kier alpha value is -4.83. The molecule has 1 aliphatic rings. The van der Waals surface area contributed by atoms with Crippen LogP contribution in [0.2, 0.25) is 0 Å². The second kappa shape index (κ2) is 12.4. The van der Waals surface area contributed by atoms with Crippen molar-refractivity contribution >= 4 is 46.2 Å². The molecule has 0 spiro atoms. The number of benzene rings is 3. The van der Waals surface area contributed by atoms with E-state index in [1.165, 1.54) is 21.1 Å². The highest BCUT2D eigenvalue weighted by Crippen LogP contribution is 2.30. The van der Waals surface area contributed by atoms with Gasteiger partial charge in [0.25, 0.3) is 11.7 Å². The number of thiazole rings is 1. The summed E-state index contributed by atoms with van der Waals surface area (Å²) in [4.78, 5) is 60.6. The average Bonchev–Trinajstić information content (AvgIpc) is 3.56. The van der Waals surface area contributed by atoms with Gasteiger partial charge in [0, 0.05) is 16.6 Å². The van der Waals surface area contributed by atoms with E-state index < -0.39 is 30.2 Å². The smallest absolute Gasteiger partial charge is 0.299 e. The lowest BCUT2D eigenvalue weighted by Crippen LogP contribution is -2.53. The molecule has 42 heavy (non-hydrogen) atoms. The normalized spacial score (nSPS) is 13.2. The van der Waals surface area contributed by atoms with Crippen LogP contribution in [-0.2, 0) is 20.9 Å². The molecule has 0 aliphatic carbocycles. The summed E-state index contributed by atoms with van der Waals surface area (Å²) in [6.07, 6.45) is 0. The first kappa shape index (κ1) is 28.7. The van der Waals surface area contributed by atoms with Gasteiger partial charge in [-0.25, -0.2) is 4.98 Å². The summed E-state index contributed by atoms with van der Waals surface area (Å²) in [6, 6.07) is 22.3. The van der Waals surface area contributed by atoms with E-state index in [2.05, 4.69) is 5.32 Å². The Kier molecular flexibility index (Phi) is 8.44. The number of carbonyl (C=O) groups excluding carboxylic acids is 4. The number of rotatable bonds is 10. The van der Waals surface area contributed by atoms with E-state index in [-0.39, 0.29) is 23.9 Å². The van der Waals surface area contributed by atoms with E-state index in [0.29, 0.717) is 22.1 Å². The van der Waals surface area contributed by atoms with Crippen molar-refractivity contribution in [2.75, 3.05) is 23.9 Å². The monoisotopic (exact) mass is 582 g/mol. The number of para-hydroxylation sites is 1. The highest BCUT2D eigenvalue weighted by molar-refractivity contribution is 7.09. The second-order valence-corrected chi connectivity index (χ2v) is 11.1. The zero-order chi connectivity index (χ0) is 29.8. The van der Waals surface area contributed by atoms with Crippen molar-refractivity contribution in [1.29, 1.82) is 0 Å². The number of nitrogens with one attached hydrogen (secondary N) is 1. The zero-order valence-electron chi connectivity index (χ0n) is 23.4. The van der Waals surface area contributed by atoms with Gasteiger partial charge in [0.15, 0.2) is 0 Å². The van der Waals surface area contributed by atoms with E-state index in [1.807, 2.05) is 49.6 Å². The van der Waals surface area contributed by atoms with Crippen LogP contribution < -0.4 is 15.0 Å². The number of ether oxygens (including phenoxy) is 1. The van der Waals surface area contributed by atoms with Gasteiger partial charge in [0.2, 0.25) is 11.8 Å². The van der Waals surface area contributed by atoms with Gasteiger partial charge in [0.05, 0.1) is 30.6 Å². The fourth-order valence-electron chi connectivity index (χ4n) is 4.94. The van der Waals surface area contributed by atoms with Gasteiger partial charge in [-0.05, 0) is 42.3 Å². The third kappa shape index (κ3) is 5.94. The number of Topliss-reactive ketones (excluding diaryl/α,β-unsaturated/α-hetero) is 1. The van der Waals surface area contributed by atoms with Gasteiger partial charge in [-0.2, -0.15) is 0 Å². The van der Waals surface area contributed by atoms with Crippen molar-refractivity contribution in [3.8, 4) is 17.0 Å². The maximum absolute atomic E-state index is 14.0. The molecule has 0 bridgehead atoms. The first-order chi connectivity index (χ1) is 20.3. The van der Waals surface area contributed by atoms with Gasteiger partial charge >= 0.3 is 0 Å². The van der Waals surface area contributed by atoms with Crippen LogP contribution in [0.4, 0.5) is 11.4 Å². The molecule has 0 fully saturated rings. The number of amides is 3. The van der Waals surface area contributed by atoms with Crippen LogP contribution in [0.25, 0.3) is 11.3 Å². The van der Waals surface area contributed by atoms with Gasteiger partial charge in [-0.3, -0.25) is 24.1 Å². The molecule has 1 atom stereocenters. The molecule has 1 N–H and O–H groups in total. The number of carbonyl (C=O) groups is 4. The summed E-state index contributed by atoms with van der Waals surface area (Å²) < 4.78 is 5.21. The standard InChI is InChI=1S/C32H30N4O5S/c1-20(2)29(31(39)33-22-13-15-23(41-3)16-14-22)36(17-27-34-25(19-42-27)21-9-5-4-6-10-21)28(37)18-35-26-12-8-7-11-24(26)30(38)32(35)40/h4-16,19-20,29H,17-18H2,1-3H3,(H,33,39)/t29-/m0/s1. The predicted octanol–water partition coefficient (Wildman–Crippen LogP) is 5.04. The van der Waals surface area contributed by atoms with E-state index in [4.69, 9.17) is 9.72 Å². The van der Waals surface area contributed by atoms with E-state index >= 15 is 0 Å². The van der Waals surface area contributed by atoms with Crippen LogP contribution >= 0.6 is 11.3 Å². The van der Waals surface area contributed by atoms with Crippen molar-refractivity contribution in [2.24, 2.45) is 5.92 Å². The Morgan fingerprint density at radius 1 is 0.976 bits per heavy atom. The fraction of sp³-hybridized carbons (Fsp3) is 0.219. The summed E-state index contributed by atoms with van der Waals surface area (Å²) >= 11 is 1.39. The van der Waals surface area contributed by atoms with Crippen LogP contribution in [0.1, 0.15) is 29.2 Å². The van der Waals surface area contributed by atoms with Crippen LogP contribution in [0.15, 0.2) is 84.2 Å². The summed E-state index contributed by atoms with van der Waals surface area (Å²) in [5, 5.41) is 5.46. The molecule has 3 amide bonds. The number of hydrogen-bond donors (Lipinski definition) is 1. The highest BCUT2D eigenvalue weighted by atomic mass is 32.1. The molecule has 10 heteroatoms. The number of aromatic nitrogens is 1. The molecule has 4 aromatic rings.